The Hall–Kier alpha value is -0.730. The molecule has 2 fully saturated rings. The summed E-state index contributed by atoms with van der Waals surface area (Å²) in [5.74, 6) is 0.472. The molecule has 0 bridgehead atoms. The van der Waals surface area contributed by atoms with Crippen LogP contribution in [-0.2, 0) is 9.47 Å². The molecular weight excluding hydrogens is 144 g/mol. The van der Waals surface area contributed by atoms with Crippen LogP contribution in [0.25, 0.3) is 0 Å². The Morgan fingerprint density at radius 2 is 2.18 bits per heavy atom. The second kappa shape index (κ2) is 2.40. The second-order valence-corrected chi connectivity index (χ2v) is 3.40. The fourth-order valence-electron chi connectivity index (χ4n) is 1.92. The van der Waals surface area contributed by atoms with Gasteiger partial charge in [-0.2, -0.15) is 0 Å². The maximum absolute atomic E-state index is 10.7. The van der Waals surface area contributed by atoms with E-state index >= 15 is 0 Å². The summed E-state index contributed by atoms with van der Waals surface area (Å²) in [6, 6.07) is 0. The Bertz CT molecular complexity index is 178. The van der Waals surface area contributed by atoms with Crippen LogP contribution in [0, 0.1) is 5.92 Å². The van der Waals surface area contributed by atoms with Crippen molar-refractivity contribution in [3.63, 3.8) is 0 Å². The Labute approximate surface area is 65.7 Å². The summed E-state index contributed by atoms with van der Waals surface area (Å²) in [6.07, 6.45) is 2.88. The SMILES string of the molecule is CC1CCCC2OC(=O)OC12. The van der Waals surface area contributed by atoms with E-state index in [0.717, 1.165) is 19.3 Å². The minimum atomic E-state index is -0.478. The first-order valence-electron chi connectivity index (χ1n) is 4.14. The van der Waals surface area contributed by atoms with E-state index in [1.54, 1.807) is 0 Å². The summed E-state index contributed by atoms with van der Waals surface area (Å²) in [5.41, 5.74) is 0. The number of carbonyl (C=O) groups excluding carboxylic acids is 1. The summed E-state index contributed by atoms with van der Waals surface area (Å²) in [7, 11) is 0. The first kappa shape index (κ1) is 6.95. The van der Waals surface area contributed by atoms with Gasteiger partial charge in [0.05, 0.1) is 0 Å². The van der Waals surface area contributed by atoms with Crippen LogP contribution < -0.4 is 0 Å². The number of ether oxygens (including phenoxy) is 2. The zero-order valence-corrected chi connectivity index (χ0v) is 6.58. The normalized spacial score (nSPS) is 42.6. The molecular formula is C8H12O3. The van der Waals surface area contributed by atoms with Crippen LogP contribution in [0.1, 0.15) is 26.2 Å². The average molecular weight is 156 g/mol. The van der Waals surface area contributed by atoms with Crippen molar-refractivity contribution in [3.8, 4) is 0 Å². The van der Waals surface area contributed by atoms with Crippen molar-refractivity contribution >= 4 is 6.16 Å². The molecule has 1 heterocycles. The summed E-state index contributed by atoms with van der Waals surface area (Å²) in [4.78, 5) is 10.7. The minimum Gasteiger partial charge on any atom is -0.427 e. The summed E-state index contributed by atoms with van der Waals surface area (Å²) >= 11 is 0. The van der Waals surface area contributed by atoms with Gasteiger partial charge in [0.15, 0.2) is 0 Å². The van der Waals surface area contributed by atoms with Gasteiger partial charge in [0.1, 0.15) is 12.2 Å². The van der Waals surface area contributed by atoms with Gasteiger partial charge in [0.25, 0.3) is 0 Å². The van der Waals surface area contributed by atoms with Crippen molar-refractivity contribution < 1.29 is 14.3 Å². The van der Waals surface area contributed by atoms with Gasteiger partial charge in [-0.25, -0.2) is 4.79 Å². The van der Waals surface area contributed by atoms with E-state index in [0.29, 0.717) is 5.92 Å². The first-order chi connectivity index (χ1) is 5.27. The van der Waals surface area contributed by atoms with Crippen LogP contribution in [0.4, 0.5) is 4.79 Å². The molecule has 1 saturated carbocycles. The molecule has 0 N–H and O–H groups in total. The van der Waals surface area contributed by atoms with Gasteiger partial charge in [-0.05, 0) is 25.2 Å². The molecule has 3 heteroatoms. The Balaban J connectivity index is 2.09. The van der Waals surface area contributed by atoms with Gasteiger partial charge in [-0.3, -0.25) is 0 Å². The summed E-state index contributed by atoms with van der Waals surface area (Å²) in [5, 5.41) is 0. The quantitative estimate of drug-likeness (QED) is 0.501. The van der Waals surface area contributed by atoms with E-state index in [9.17, 15) is 4.79 Å². The van der Waals surface area contributed by atoms with Crippen LogP contribution in [0.5, 0.6) is 0 Å². The molecule has 0 amide bonds. The van der Waals surface area contributed by atoms with Crippen molar-refractivity contribution in [2.75, 3.05) is 0 Å². The standard InChI is InChI=1S/C8H12O3/c1-5-3-2-4-6-7(5)11-8(9)10-6/h5-7H,2-4H2,1H3. The highest BCUT2D eigenvalue weighted by atomic mass is 16.8. The maximum Gasteiger partial charge on any atom is 0.509 e. The van der Waals surface area contributed by atoms with Crippen molar-refractivity contribution in [3.05, 3.63) is 0 Å². The molecule has 0 radical (unpaired) electrons. The van der Waals surface area contributed by atoms with E-state index in [-0.39, 0.29) is 12.2 Å². The highest BCUT2D eigenvalue weighted by molar-refractivity contribution is 5.62. The number of hydrogen-bond donors (Lipinski definition) is 0. The third-order valence-corrected chi connectivity index (χ3v) is 2.56. The minimum absolute atomic E-state index is 0.0382. The van der Waals surface area contributed by atoms with Crippen molar-refractivity contribution in [1.29, 1.82) is 0 Å². The predicted octanol–water partition coefficient (Wildman–Crippen LogP) is 1.71. The van der Waals surface area contributed by atoms with Crippen molar-refractivity contribution in [2.45, 2.75) is 38.4 Å². The van der Waals surface area contributed by atoms with E-state index in [1.165, 1.54) is 0 Å². The smallest absolute Gasteiger partial charge is 0.427 e. The van der Waals surface area contributed by atoms with E-state index in [1.807, 2.05) is 0 Å². The third kappa shape index (κ3) is 1.08. The van der Waals surface area contributed by atoms with Crippen LogP contribution in [0.15, 0.2) is 0 Å². The molecule has 0 aromatic carbocycles. The lowest BCUT2D eigenvalue weighted by Gasteiger charge is -2.26. The molecule has 11 heavy (non-hydrogen) atoms. The Morgan fingerprint density at radius 3 is 2.91 bits per heavy atom. The molecule has 1 aliphatic heterocycles. The number of carbonyl (C=O) groups is 1. The highest BCUT2D eigenvalue weighted by Crippen LogP contribution is 2.33. The molecule has 3 atom stereocenters. The largest absolute Gasteiger partial charge is 0.509 e. The van der Waals surface area contributed by atoms with Gasteiger partial charge < -0.3 is 9.47 Å². The highest BCUT2D eigenvalue weighted by Gasteiger charge is 2.42. The molecule has 62 valence electrons. The van der Waals surface area contributed by atoms with Gasteiger partial charge in [-0.15, -0.1) is 0 Å². The van der Waals surface area contributed by atoms with Gasteiger partial charge in [0.2, 0.25) is 0 Å². The molecule has 2 aliphatic rings. The van der Waals surface area contributed by atoms with Crippen LogP contribution in [0.2, 0.25) is 0 Å². The van der Waals surface area contributed by atoms with E-state index in [2.05, 4.69) is 6.92 Å². The number of fused-ring (bicyclic) bond motifs is 1. The lowest BCUT2D eigenvalue weighted by molar-refractivity contribution is 0.0651. The Morgan fingerprint density at radius 1 is 1.36 bits per heavy atom. The average Bonchev–Trinajstić information content (AvgIpc) is 2.31. The molecule has 2 rings (SSSR count). The monoisotopic (exact) mass is 156 g/mol. The first-order valence-corrected chi connectivity index (χ1v) is 4.14. The van der Waals surface area contributed by atoms with Crippen LogP contribution in [0.3, 0.4) is 0 Å². The second-order valence-electron chi connectivity index (χ2n) is 3.40. The van der Waals surface area contributed by atoms with E-state index in [4.69, 9.17) is 9.47 Å². The molecule has 0 aromatic rings. The van der Waals surface area contributed by atoms with Crippen LogP contribution >= 0.6 is 0 Å². The lowest BCUT2D eigenvalue weighted by Crippen LogP contribution is -2.33. The van der Waals surface area contributed by atoms with Gasteiger partial charge >= 0.3 is 6.16 Å². The molecule has 1 aliphatic carbocycles. The van der Waals surface area contributed by atoms with Gasteiger partial charge in [-0.1, -0.05) is 6.92 Å². The van der Waals surface area contributed by atoms with Gasteiger partial charge in [0, 0.05) is 0 Å². The van der Waals surface area contributed by atoms with Crippen LogP contribution in [-0.4, -0.2) is 18.4 Å². The summed E-state index contributed by atoms with van der Waals surface area (Å²) in [6.45, 7) is 2.11. The zero-order valence-electron chi connectivity index (χ0n) is 6.58. The number of rotatable bonds is 0. The van der Waals surface area contributed by atoms with Crippen molar-refractivity contribution in [1.82, 2.24) is 0 Å². The van der Waals surface area contributed by atoms with E-state index < -0.39 is 6.16 Å². The molecule has 3 nitrogen and oxygen atoms in total. The third-order valence-electron chi connectivity index (χ3n) is 2.56. The molecule has 3 unspecified atom stereocenters. The Kier molecular flexibility index (Phi) is 1.51. The molecule has 0 aromatic heterocycles. The fourth-order valence-corrected chi connectivity index (χ4v) is 1.92. The molecule has 0 spiro atoms. The maximum atomic E-state index is 10.7. The topological polar surface area (TPSA) is 35.5 Å². The zero-order chi connectivity index (χ0) is 7.84. The van der Waals surface area contributed by atoms with Crippen molar-refractivity contribution in [2.24, 2.45) is 5.92 Å². The predicted molar refractivity (Wildman–Crippen MR) is 38.2 cm³/mol. The number of hydrogen-bond acceptors (Lipinski definition) is 3. The fraction of sp³-hybridized carbons (Fsp3) is 0.875. The lowest BCUT2D eigenvalue weighted by atomic mass is 9.86. The molecule has 1 saturated heterocycles. The summed E-state index contributed by atoms with van der Waals surface area (Å²) < 4.78 is 9.99.